The Bertz CT molecular complexity index is 872. The van der Waals surface area contributed by atoms with Gasteiger partial charge in [-0.05, 0) is 41.6 Å². The number of aliphatic imine (C=N–C) groups is 1. The van der Waals surface area contributed by atoms with Gasteiger partial charge in [0.25, 0.3) is 0 Å². The topological polar surface area (TPSA) is 58.7 Å². The van der Waals surface area contributed by atoms with Crippen LogP contribution >= 0.6 is 11.3 Å². The molecule has 5 heteroatoms. The van der Waals surface area contributed by atoms with Gasteiger partial charge in [-0.3, -0.25) is 9.69 Å². The standard InChI is InChI=1S/C19H19N3OS/c1-4-6-13-7-5-8-14(9-13)15-10-16(24-11-15)17-12(2)18(23)22(3)19(20)21-17/h5,7-12,17H,1-3H3,(H2,20,21)/t12-,17-/m1/s1. The zero-order valence-electron chi connectivity index (χ0n) is 13.9. The molecular formula is C19H19N3OS. The molecule has 0 fully saturated rings. The number of nitrogens with zero attached hydrogens (tertiary/aromatic N) is 2. The van der Waals surface area contributed by atoms with E-state index >= 15 is 0 Å². The maximum Gasteiger partial charge on any atom is 0.234 e. The van der Waals surface area contributed by atoms with Crippen LogP contribution in [0.5, 0.6) is 0 Å². The molecular weight excluding hydrogens is 318 g/mol. The van der Waals surface area contributed by atoms with Gasteiger partial charge in [0.1, 0.15) is 0 Å². The highest BCUT2D eigenvalue weighted by Gasteiger charge is 2.34. The number of benzene rings is 1. The van der Waals surface area contributed by atoms with Crippen molar-refractivity contribution in [3.63, 3.8) is 0 Å². The zero-order valence-corrected chi connectivity index (χ0v) is 14.7. The van der Waals surface area contributed by atoms with E-state index in [0.717, 1.165) is 21.6 Å². The van der Waals surface area contributed by atoms with Crippen LogP contribution in [0.15, 0.2) is 40.7 Å². The van der Waals surface area contributed by atoms with E-state index in [9.17, 15) is 4.79 Å². The van der Waals surface area contributed by atoms with Gasteiger partial charge in [0.05, 0.1) is 12.0 Å². The van der Waals surface area contributed by atoms with Crippen molar-refractivity contribution in [2.75, 3.05) is 7.05 Å². The number of carbonyl (C=O) groups excluding carboxylic acids is 1. The number of thiophene rings is 1. The fourth-order valence-electron chi connectivity index (χ4n) is 2.78. The van der Waals surface area contributed by atoms with Gasteiger partial charge in [0, 0.05) is 17.5 Å². The minimum absolute atomic E-state index is 0.00247. The summed E-state index contributed by atoms with van der Waals surface area (Å²) in [7, 11) is 1.66. The van der Waals surface area contributed by atoms with Crippen LogP contribution in [-0.4, -0.2) is 23.8 Å². The average Bonchev–Trinajstić information content (AvgIpc) is 3.07. The summed E-state index contributed by atoms with van der Waals surface area (Å²) in [5.41, 5.74) is 9.09. The quantitative estimate of drug-likeness (QED) is 0.855. The summed E-state index contributed by atoms with van der Waals surface area (Å²) >= 11 is 1.61. The second kappa shape index (κ2) is 6.50. The van der Waals surface area contributed by atoms with Crippen LogP contribution in [0, 0.1) is 17.8 Å². The average molecular weight is 337 g/mol. The van der Waals surface area contributed by atoms with Crippen molar-refractivity contribution in [2.45, 2.75) is 19.9 Å². The summed E-state index contributed by atoms with van der Waals surface area (Å²) in [6.07, 6.45) is 0. The molecule has 0 aliphatic carbocycles. The minimum atomic E-state index is -0.217. The monoisotopic (exact) mass is 337 g/mol. The molecule has 2 N–H and O–H groups in total. The molecule has 0 unspecified atom stereocenters. The lowest BCUT2D eigenvalue weighted by molar-refractivity contribution is -0.131. The van der Waals surface area contributed by atoms with Crippen molar-refractivity contribution in [1.29, 1.82) is 0 Å². The number of nitrogens with two attached hydrogens (primary N) is 1. The highest BCUT2D eigenvalue weighted by molar-refractivity contribution is 7.10. The molecule has 24 heavy (non-hydrogen) atoms. The molecule has 1 amide bonds. The van der Waals surface area contributed by atoms with Gasteiger partial charge in [-0.25, -0.2) is 4.99 Å². The molecule has 2 heterocycles. The van der Waals surface area contributed by atoms with Crippen molar-refractivity contribution in [2.24, 2.45) is 16.6 Å². The van der Waals surface area contributed by atoms with Gasteiger partial charge < -0.3 is 5.73 Å². The summed E-state index contributed by atoms with van der Waals surface area (Å²) < 4.78 is 0. The Labute approximate surface area is 146 Å². The van der Waals surface area contributed by atoms with Gasteiger partial charge in [0.15, 0.2) is 5.96 Å². The van der Waals surface area contributed by atoms with Crippen molar-refractivity contribution < 1.29 is 4.79 Å². The van der Waals surface area contributed by atoms with Crippen LogP contribution in [0.25, 0.3) is 11.1 Å². The third kappa shape index (κ3) is 2.93. The maximum absolute atomic E-state index is 12.3. The van der Waals surface area contributed by atoms with Crippen molar-refractivity contribution >= 4 is 23.2 Å². The van der Waals surface area contributed by atoms with E-state index in [-0.39, 0.29) is 23.8 Å². The Hall–Kier alpha value is -2.58. The molecule has 0 spiro atoms. The molecule has 0 saturated heterocycles. The first-order valence-electron chi connectivity index (χ1n) is 7.73. The Morgan fingerprint density at radius 3 is 2.83 bits per heavy atom. The van der Waals surface area contributed by atoms with Gasteiger partial charge in [-0.2, -0.15) is 0 Å². The van der Waals surface area contributed by atoms with Crippen LogP contribution in [0.3, 0.4) is 0 Å². The Balaban J connectivity index is 1.95. The molecule has 0 saturated carbocycles. The first-order chi connectivity index (χ1) is 11.5. The van der Waals surface area contributed by atoms with Gasteiger partial charge in [-0.1, -0.05) is 25.0 Å². The normalized spacial score (nSPS) is 20.4. The van der Waals surface area contributed by atoms with Gasteiger partial charge in [0.2, 0.25) is 5.91 Å². The van der Waals surface area contributed by atoms with Crippen LogP contribution < -0.4 is 5.73 Å². The van der Waals surface area contributed by atoms with Crippen molar-refractivity contribution in [3.8, 4) is 23.0 Å². The lowest BCUT2D eigenvalue weighted by Crippen LogP contribution is -2.46. The smallest absolute Gasteiger partial charge is 0.234 e. The Morgan fingerprint density at radius 1 is 1.29 bits per heavy atom. The Kier molecular flexibility index (Phi) is 4.41. The molecule has 0 radical (unpaired) electrons. The second-order valence-electron chi connectivity index (χ2n) is 5.81. The van der Waals surface area contributed by atoms with Crippen molar-refractivity contribution in [1.82, 2.24) is 4.90 Å². The van der Waals surface area contributed by atoms with E-state index in [1.165, 1.54) is 4.90 Å². The van der Waals surface area contributed by atoms with Crippen LogP contribution in [0.2, 0.25) is 0 Å². The van der Waals surface area contributed by atoms with E-state index in [1.54, 1.807) is 18.4 Å². The molecule has 122 valence electrons. The first kappa shape index (κ1) is 16.3. The molecule has 2 atom stereocenters. The number of guanidine groups is 1. The molecule has 2 aromatic rings. The number of carbonyl (C=O) groups is 1. The molecule has 1 aromatic carbocycles. The van der Waals surface area contributed by atoms with Gasteiger partial charge in [-0.15, -0.1) is 17.3 Å². The third-order valence-corrected chi connectivity index (χ3v) is 5.19. The van der Waals surface area contributed by atoms with E-state index in [4.69, 9.17) is 5.73 Å². The highest BCUT2D eigenvalue weighted by atomic mass is 32.1. The minimum Gasteiger partial charge on any atom is -0.369 e. The number of amides is 1. The van der Waals surface area contributed by atoms with E-state index in [1.807, 2.05) is 26.0 Å². The summed E-state index contributed by atoms with van der Waals surface area (Å²) in [6, 6.07) is 10.0. The summed E-state index contributed by atoms with van der Waals surface area (Å²) in [5, 5.41) is 2.09. The predicted octanol–water partition coefficient (Wildman–Crippen LogP) is 3.25. The first-order valence-corrected chi connectivity index (χ1v) is 8.61. The predicted molar refractivity (Wildman–Crippen MR) is 98.6 cm³/mol. The number of hydrogen-bond acceptors (Lipinski definition) is 4. The van der Waals surface area contributed by atoms with E-state index < -0.39 is 0 Å². The molecule has 1 aliphatic rings. The number of hydrogen-bond donors (Lipinski definition) is 1. The van der Waals surface area contributed by atoms with Crippen LogP contribution in [-0.2, 0) is 4.79 Å². The third-order valence-electron chi connectivity index (χ3n) is 4.19. The highest BCUT2D eigenvalue weighted by Crippen LogP contribution is 2.37. The molecule has 1 aromatic heterocycles. The lowest BCUT2D eigenvalue weighted by atomic mass is 9.97. The van der Waals surface area contributed by atoms with Crippen LogP contribution in [0.1, 0.15) is 30.3 Å². The van der Waals surface area contributed by atoms with Crippen molar-refractivity contribution in [3.05, 3.63) is 46.2 Å². The van der Waals surface area contributed by atoms with Gasteiger partial charge >= 0.3 is 0 Å². The fraction of sp³-hybridized carbons (Fsp3) is 0.263. The Morgan fingerprint density at radius 2 is 2.08 bits per heavy atom. The fourth-order valence-corrected chi connectivity index (χ4v) is 3.84. The largest absolute Gasteiger partial charge is 0.369 e. The SMILES string of the molecule is CC#Cc1cccc(-c2csc([C@@H]3N=C(N)N(C)C(=O)[C@@H]3C)c2)c1. The number of rotatable bonds is 2. The molecule has 1 aliphatic heterocycles. The lowest BCUT2D eigenvalue weighted by Gasteiger charge is -2.30. The summed E-state index contributed by atoms with van der Waals surface area (Å²) in [4.78, 5) is 19.2. The zero-order chi connectivity index (χ0) is 17.3. The second-order valence-corrected chi connectivity index (χ2v) is 6.75. The molecule has 0 bridgehead atoms. The maximum atomic E-state index is 12.3. The van der Waals surface area contributed by atoms with E-state index in [2.05, 4.69) is 40.4 Å². The summed E-state index contributed by atoms with van der Waals surface area (Å²) in [6.45, 7) is 3.73. The molecule has 3 rings (SSSR count). The summed E-state index contributed by atoms with van der Waals surface area (Å²) in [5.74, 6) is 6.06. The van der Waals surface area contributed by atoms with Crippen LogP contribution in [0.4, 0.5) is 0 Å². The van der Waals surface area contributed by atoms with E-state index in [0.29, 0.717) is 0 Å². The molecule has 4 nitrogen and oxygen atoms in total.